The Morgan fingerprint density at radius 2 is 1.85 bits per heavy atom. The minimum absolute atomic E-state index is 0.0881. The van der Waals surface area contributed by atoms with Crippen LogP contribution in [0.15, 0.2) is 53.0 Å². The van der Waals surface area contributed by atoms with Gasteiger partial charge in [0.1, 0.15) is 5.75 Å². The Labute approximate surface area is 162 Å². The second-order valence-corrected chi connectivity index (χ2v) is 6.91. The fourth-order valence-corrected chi connectivity index (χ4v) is 3.08. The Bertz CT molecular complexity index is 750. The molecule has 0 unspecified atom stereocenters. The summed E-state index contributed by atoms with van der Waals surface area (Å²) < 4.78 is 6.44. The number of carbonyl (C=O) groups excluding carboxylic acids is 2. The molecular weight excluding hydrogens is 396 g/mol. The number of hydrogen-bond donors (Lipinski definition) is 1. The smallest absolute Gasteiger partial charge is 0.260 e. The number of aryl methyl sites for hydroxylation is 1. The van der Waals surface area contributed by atoms with Gasteiger partial charge in [0.15, 0.2) is 6.61 Å². The molecule has 26 heavy (non-hydrogen) atoms. The average Bonchev–Trinajstić information content (AvgIpc) is 2.61. The number of amides is 2. The van der Waals surface area contributed by atoms with Crippen LogP contribution in [0.1, 0.15) is 17.5 Å². The van der Waals surface area contributed by atoms with E-state index in [1.54, 1.807) is 4.90 Å². The maximum Gasteiger partial charge on any atom is 0.260 e. The number of primary amides is 1. The molecular formula is C20H23BrN2O3. The molecule has 0 saturated heterocycles. The number of hydrogen-bond acceptors (Lipinski definition) is 3. The minimum Gasteiger partial charge on any atom is -0.483 e. The third-order valence-electron chi connectivity index (χ3n) is 3.93. The van der Waals surface area contributed by atoms with Gasteiger partial charge < -0.3 is 15.4 Å². The normalized spacial score (nSPS) is 10.4. The second-order valence-electron chi connectivity index (χ2n) is 6.06. The molecule has 0 saturated carbocycles. The molecule has 2 aromatic rings. The molecule has 5 nitrogen and oxygen atoms in total. The van der Waals surface area contributed by atoms with Crippen LogP contribution in [-0.4, -0.2) is 36.4 Å². The van der Waals surface area contributed by atoms with Crippen molar-refractivity contribution < 1.29 is 14.3 Å². The maximum absolute atomic E-state index is 12.6. The van der Waals surface area contributed by atoms with E-state index >= 15 is 0 Å². The van der Waals surface area contributed by atoms with E-state index in [0.717, 1.165) is 15.6 Å². The Balaban J connectivity index is 1.96. The van der Waals surface area contributed by atoms with E-state index < -0.39 is 5.91 Å². The van der Waals surface area contributed by atoms with Crippen LogP contribution in [0, 0.1) is 6.92 Å². The molecule has 6 heteroatoms. The molecule has 2 rings (SSSR count). The highest BCUT2D eigenvalue weighted by molar-refractivity contribution is 9.10. The lowest BCUT2D eigenvalue weighted by atomic mass is 10.1. The summed E-state index contributed by atoms with van der Waals surface area (Å²) in [5.41, 5.74) is 7.46. The molecule has 0 aliphatic heterocycles. The Hall–Kier alpha value is -2.34. The van der Waals surface area contributed by atoms with Gasteiger partial charge in [0.05, 0.1) is 4.47 Å². The van der Waals surface area contributed by atoms with Crippen LogP contribution in [0.2, 0.25) is 0 Å². The van der Waals surface area contributed by atoms with Crippen LogP contribution in [-0.2, 0) is 16.0 Å². The molecule has 2 aromatic carbocycles. The van der Waals surface area contributed by atoms with Gasteiger partial charge in [-0.25, -0.2) is 0 Å². The Morgan fingerprint density at radius 3 is 2.50 bits per heavy atom. The molecule has 0 fully saturated rings. The summed E-state index contributed by atoms with van der Waals surface area (Å²) >= 11 is 3.43. The monoisotopic (exact) mass is 418 g/mol. The SMILES string of the molecule is Cc1ccc(OCC(=O)N(CCC(N)=O)CCc2ccccc2)c(Br)c1. The first kappa shape index (κ1) is 20.0. The topological polar surface area (TPSA) is 72.6 Å². The third-order valence-corrected chi connectivity index (χ3v) is 4.55. The molecule has 138 valence electrons. The van der Waals surface area contributed by atoms with Gasteiger partial charge in [-0.15, -0.1) is 0 Å². The van der Waals surface area contributed by atoms with Crippen molar-refractivity contribution in [2.24, 2.45) is 5.73 Å². The van der Waals surface area contributed by atoms with E-state index in [4.69, 9.17) is 10.5 Å². The van der Waals surface area contributed by atoms with E-state index in [1.165, 1.54) is 0 Å². The quantitative estimate of drug-likeness (QED) is 0.679. The first-order valence-corrected chi connectivity index (χ1v) is 9.24. The van der Waals surface area contributed by atoms with Gasteiger partial charge in [0, 0.05) is 19.5 Å². The highest BCUT2D eigenvalue weighted by Gasteiger charge is 2.16. The fraction of sp³-hybridized carbons (Fsp3) is 0.300. The van der Waals surface area contributed by atoms with Crippen molar-refractivity contribution in [3.05, 3.63) is 64.1 Å². The average molecular weight is 419 g/mol. The number of nitrogens with zero attached hydrogens (tertiary/aromatic N) is 1. The summed E-state index contributed by atoms with van der Waals surface area (Å²) in [5.74, 6) is 0.0150. The van der Waals surface area contributed by atoms with Crippen LogP contribution in [0.4, 0.5) is 0 Å². The van der Waals surface area contributed by atoms with Crippen LogP contribution < -0.4 is 10.5 Å². The highest BCUT2D eigenvalue weighted by atomic mass is 79.9. The molecule has 0 bridgehead atoms. The Morgan fingerprint density at radius 1 is 1.12 bits per heavy atom. The standard InChI is InChI=1S/C20H23BrN2O3/c1-15-7-8-18(17(21)13-15)26-14-20(25)23(12-10-19(22)24)11-9-16-5-3-2-4-6-16/h2-8,13H,9-12,14H2,1H3,(H2,22,24). The predicted octanol–water partition coefficient (Wildman–Crippen LogP) is 3.08. The summed E-state index contributed by atoms with van der Waals surface area (Å²) in [6.45, 7) is 2.69. The fourth-order valence-electron chi connectivity index (χ4n) is 2.47. The van der Waals surface area contributed by atoms with Crippen molar-refractivity contribution >= 4 is 27.7 Å². The van der Waals surface area contributed by atoms with Crippen LogP contribution in [0.25, 0.3) is 0 Å². The lowest BCUT2D eigenvalue weighted by Gasteiger charge is -2.22. The number of rotatable bonds is 9. The molecule has 0 atom stereocenters. The van der Waals surface area contributed by atoms with E-state index in [2.05, 4.69) is 15.9 Å². The summed E-state index contributed by atoms with van der Waals surface area (Å²) in [4.78, 5) is 25.3. The van der Waals surface area contributed by atoms with E-state index in [1.807, 2.05) is 55.5 Å². The molecule has 0 spiro atoms. The third kappa shape index (κ3) is 6.52. The number of ether oxygens (including phenoxy) is 1. The summed E-state index contributed by atoms with van der Waals surface area (Å²) in [7, 11) is 0. The van der Waals surface area contributed by atoms with Gasteiger partial charge in [-0.2, -0.15) is 0 Å². The first-order valence-electron chi connectivity index (χ1n) is 8.44. The van der Waals surface area contributed by atoms with E-state index in [0.29, 0.717) is 25.3 Å². The second kappa shape index (κ2) is 9.97. The zero-order chi connectivity index (χ0) is 18.9. The number of carbonyl (C=O) groups is 2. The maximum atomic E-state index is 12.6. The molecule has 0 heterocycles. The number of nitrogens with two attached hydrogens (primary N) is 1. The summed E-state index contributed by atoms with van der Waals surface area (Å²) in [6.07, 6.45) is 0.842. The van der Waals surface area contributed by atoms with Crippen molar-refractivity contribution in [3.8, 4) is 5.75 Å². The van der Waals surface area contributed by atoms with Gasteiger partial charge >= 0.3 is 0 Å². The molecule has 2 N–H and O–H groups in total. The Kier molecular flexibility index (Phi) is 7.66. The predicted molar refractivity (Wildman–Crippen MR) is 105 cm³/mol. The summed E-state index contributed by atoms with van der Waals surface area (Å²) in [6, 6.07) is 15.6. The van der Waals surface area contributed by atoms with Gasteiger partial charge in [0.2, 0.25) is 5.91 Å². The van der Waals surface area contributed by atoms with Crippen molar-refractivity contribution in [3.63, 3.8) is 0 Å². The minimum atomic E-state index is -0.426. The summed E-state index contributed by atoms with van der Waals surface area (Å²) in [5, 5.41) is 0. The lowest BCUT2D eigenvalue weighted by Crippen LogP contribution is -2.38. The lowest BCUT2D eigenvalue weighted by molar-refractivity contribution is -0.133. The van der Waals surface area contributed by atoms with Crippen LogP contribution >= 0.6 is 15.9 Å². The van der Waals surface area contributed by atoms with Crippen molar-refractivity contribution in [1.82, 2.24) is 4.90 Å². The van der Waals surface area contributed by atoms with Gasteiger partial charge in [-0.3, -0.25) is 9.59 Å². The zero-order valence-electron chi connectivity index (χ0n) is 14.8. The zero-order valence-corrected chi connectivity index (χ0v) is 16.4. The number of halogens is 1. The van der Waals surface area contributed by atoms with Crippen molar-refractivity contribution in [1.29, 1.82) is 0 Å². The molecule has 2 amide bonds. The number of benzene rings is 2. The van der Waals surface area contributed by atoms with Gasteiger partial charge in [-0.05, 0) is 52.5 Å². The van der Waals surface area contributed by atoms with Gasteiger partial charge in [0.25, 0.3) is 5.91 Å². The van der Waals surface area contributed by atoms with Gasteiger partial charge in [-0.1, -0.05) is 36.4 Å². The largest absolute Gasteiger partial charge is 0.483 e. The first-order chi connectivity index (χ1) is 12.5. The molecule has 0 aliphatic rings. The molecule has 0 aliphatic carbocycles. The van der Waals surface area contributed by atoms with E-state index in [-0.39, 0.29) is 18.9 Å². The molecule has 0 aromatic heterocycles. The highest BCUT2D eigenvalue weighted by Crippen LogP contribution is 2.25. The van der Waals surface area contributed by atoms with Crippen LogP contribution in [0.3, 0.4) is 0 Å². The van der Waals surface area contributed by atoms with Crippen molar-refractivity contribution in [2.75, 3.05) is 19.7 Å². The van der Waals surface area contributed by atoms with Crippen LogP contribution in [0.5, 0.6) is 5.75 Å². The van der Waals surface area contributed by atoms with Crippen molar-refractivity contribution in [2.45, 2.75) is 19.8 Å². The van der Waals surface area contributed by atoms with E-state index in [9.17, 15) is 9.59 Å². The molecule has 0 radical (unpaired) electrons.